The number of carboxylic acids is 1. The van der Waals surface area contributed by atoms with Gasteiger partial charge in [-0.25, -0.2) is 0 Å². The number of aliphatic carboxylic acids is 1. The van der Waals surface area contributed by atoms with Crippen LogP contribution in [0.1, 0.15) is 24.8 Å². The lowest BCUT2D eigenvalue weighted by Gasteiger charge is -2.19. The van der Waals surface area contributed by atoms with E-state index >= 15 is 0 Å². The van der Waals surface area contributed by atoms with Crippen molar-refractivity contribution in [3.05, 3.63) is 33.8 Å². The van der Waals surface area contributed by atoms with Crippen LogP contribution < -0.4 is 0 Å². The average Bonchev–Trinajstić information content (AvgIpc) is 3.17. The smallest absolute Gasteiger partial charge is 0.308 e. The van der Waals surface area contributed by atoms with E-state index in [0.717, 1.165) is 12.0 Å². The number of carboxylic acid groups (broad SMARTS) is 1. The van der Waals surface area contributed by atoms with Gasteiger partial charge in [0.2, 0.25) is 5.91 Å². The number of benzene rings is 1. The Kier molecular flexibility index (Phi) is 4.79. The Morgan fingerprint density at radius 2 is 2.10 bits per heavy atom. The number of nitrogens with zero attached hydrogens (tertiary/aromatic N) is 1. The molecule has 0 heterocycles. The summed E-state index contributed by atoms with van der Waals surface area (Å²) >= 11 is 12.0. The lowest BCUT2D eigenvalue weighted by atomic mass is 10.1. The first-order valence-corrected chi connectivity index (χ1v) is 7.49. The van der Waals surface area contributed by atoms with Crippen molar-refractivity contribution in [2.75, 3.05) is 13.6 Å². The number of hydrogen-bond donors (Lipinski definition) is 1. The van der Waals surface area contributed by atoms with Crippen molar-refractivity contribution < 1.29 is 14.7 Å². The van der Waals surface area contributed by atoms with Crippen LogP contribution in [0.15, 0.2) is 18.2 Å². The average molecular weight is 330 g/mol. The van der Waals surface area contributed by atoms with Crippen LogP contribution in [0.25, 0.3) is 0 Å². The minimum Gasteiger partial charge on any atom is -0.481 e. The van der Waals surface area contributed by atoms with Crippen molar-refractivity contribution in [2.45, 2.75) is 19.3 Å². The molecule has 1 saturated carbocycles. The molecule has 6 heteroatoms. The third-order valence-corrected chi connectivity index (χ3v) is 4.38. The molecule has 0 bridgehead atoms. The molecular weight excluding hydrogens is 313 g/mol. The summed E-state index contributed by atoms with van der Waals surface area (Å²) in [5, 5.41) is 10.0. The first-order chi connectivity index (χ1) is 9.81. The minimum absolute atomic E-state index is 0.0286. The highest BCUT2D eigenvalue weighted by atomic mass is 35.5. The van der Waals surface area contributed by atoms with Crippen LogP contribution in [-0.4, -0.2) is 35.5 Å². The lowest BCUT2D eigenvalue weighted by molar-refractivity contribution is -0.142. The Bertz CT molecular complexity index is 576. The van der Waals surface area contributed by atoms with Gasteiger partial charge in [0.25, 0.3) is 0 Å². The van der Waals surface area contributed by atoms with Crippen molar-refractivity contribution >= 4 is 35.1 Å². The van der Waals surface area contributed by atoms with E-state index in [1.54, 1.807) is 26.1 Å². The molecule has 3 unspecified atom stereocenters. The fraction of sp³-hybridized carbons (Fsp3) is 0.467. The first-order valence-electron chi connectivity index (χ1n) is 6.74. The zero-order valence-corrected chi connectivity index (χ0v) is 13.4. The first kappa shape index (κ1) is 16.1. The number of carbonyl (C=O) groups excluding carboxylic acids is 1. The fourth-order valence-corrected chi connectivity index (χ4v) is 3.02. The highest BCUT2D eigenvalue weighted by Crippen LogP contribution is 2.50. The number of hydrogen-bond acceptors (Lipinski definition) is 2. The summed E-state index contributed by atoms with van der Waals surface area (Å²) in [6.07, 6.45) is 0.742. The van der Waals surface area contributed by atoms with Gasteiger partial charge in [-0.3, -0.25) is 9.59 Å². The minimum atomic E-state index is -0.900. The Labute approximate surface area is 133 Å². The SMILES string of the molecule is CC(CN(C)C(=O)C1CC1c1ccc(Cl)cc1Cl)C(=O)O. The van der Waals surface area contributed by atoms with Gasteiger partial charge in [-0.05, 0) is 30.0 Å². The number of rotatable bonds is 5. The molecular formula is C15H17Cl2NO3. The molecule has 0 aromatic heterocycles. The maximum Gasteiger partial charge on any atom is 0.308 e. The highest BCUT2D eigenvalue weighted by molar-refractivity contribution is 6.35. The molecule has 1 aromatic carbocycles. The van der Waals surface area contributed by atoms with Crippen molar-refractivity contribution in [3.8, 4) is 0 Å². The van der Waals surface area contributed by atoms with E-state index in [1.807, 2.05) is 6.07 Å². The summed E-state index contributed by atoms with van der Waals surface area (Å²) < 4.78 is 0. The molecule has 4 nitrogen and oxygen atoms in total. The van der Waals surface area contributed by atoms with Crippen molar-refractivity contribution in [3.63, 3.8) is 0 Å². The third kappa shape index (κ3) is 3.69. The quantitative estimate of drug-likeness (QED) is 0.901. The maximum absolute atomic E-state index is 12.3. The molecule has 0 saturated heterocycles. The zero-order valence-electron chi connectivity index (χ0n) is 11.8. The van der Waals surface area contributed by atoms with Gasteiger partial charge in [-0.15, -0.1) is 0 Å². The summed E-state index contributed by atoms with van der Waals surface area (Å²) in [6.45, 7) is 1.80. The van der Waals surface area contributed by atoms with Crippen LogP contribution in [0.3, 0.4) is 0 Å². The fourth-order valence-electron chi connectivity index (χ4n) is 2.48. The topological polar surface area (TPSA) is 57.6 Å². The van der Waals surface area contributed by atoms with E-state index < -0.39 is 11.9 Å². The molecule has 1 aromatic rings. The molecule has 1 fully saturated rings. The number of halogens is 2. The van der Waals surface area contributed by atoms with Crippen LogP contribution in [-0.2, 0) is 9.59 Å². The van der Waals surface area contributed by atoms with Crippen molar-refractivity contribution in [1.29, 1.82) is 0 Å². The summed E-state index contributed by atoms with van der Waals surface area (Å²) in [4.78, 5) is 24.6. The van der Waals surface area contributed by atoms with Crippen molar-refractivity contribution in [1.82, 2.24) is 4.90 Å². The Balaban J connectivity index is 1.99. The van der Waals surface area contributed by atoms with Crippen LogP contribution in [0.4, 0.5) is 0 Å². The molecule has 0 aliphatic heterocycles. The predicted octanol–water partition coefficient (Wildman–Crippen LogP) is 3.28. The predicted molar refractivity (Wildman–Crippen MR) is 81.7 cm³/mol. The number of amides is 1. The lowest BCUT2D eigenvalue weighted by Crippen LogP contribution is -2.34. The Morgan fingerprint density at radius 1 is 1.43 bits per heavy atom. The van der Waals surface area contributed by atoms with Crippen LogP contribution >= 0.6 is 23.2 Å². The van der Waals surface area contributed by atoms with E-state index in [9.17, 15) is 9.59 Å². The van der Waals surface area contributed by atoms with Gasteiger partial charge in [-0.1, -0.05) is 36.2 Å². The van der Waals surface area contributed by atoms with E-state index in [4.69, 9.17) is 28.3 Å². The molecule has 3 atom stereocenters. The summed E-state index contributed by atoms with van der Waals surface area (Å²) in [7, 11) is 1.64. The molecule has 1 aliphatic carbocycles. The third-order valence-electron chi connectivity index (χ3n) is 3.82. The van der Waals surface area contributed by atoms with E-state index in [1.165, 1.54) is 4.90 Å². The molecule has 1 N–H and O–H groups in total. The molecule has 1 amide bonds. The second-order valence-electron chi connectivity index (χ2n) is 5.57. The highest BCUT2D eigenvalue weighted by Gasteiger charge is 2.46. The molecule has 114 valence electrons. The van der Waals surface area contributed by atoms with Gasteiger partial charge in [0.05, 0.1) is 5.92 Å². The van der Waals surface area contributed by atoms with Gasteiger partial charge in [-0.2, -0.15) is 0 Å². The second-order valence-corrected chi connectivity index (χ2v) is 6.42. The summed E-state index contributed by atoms with van der Waals surface area (Å²) in [5.41, 5.74) is 0.930. The van der Waals surface area contributed by atoms with Gasteiger partial charge in [0.1, 0.15) is 0 Å². The van der Waals surface area contributed by atoms with Crippen LogP contribution in [0, 0.1) is 11.8 Å². The maximum atomic E-state index is 12.3. The van der Waals surface area contributed by atoms with Crippen LogP contribution in [0.2, 0.25) is 10.0 Å². The van der Waals surface area contributed by atoms with Gasteiger partial charge < -0.3 is 10.0 Å². The Morgan fingerprint density at radius 3 is 2.67 bits per heavy atom. The molecule has 1 aliphatic rings. The molecule has 2 rings (SSSR count). The molecule has 21 heavy (non-hydrogen) atoms. The van der Waals surface area contributed by atoms with E-state index in [-0.39, 0.29) is 24.3 Å². The monoisotopic (exact) mass is 329 g/mol. The van der Waals surface area contributed by atoms with Gasteiger partial charge in [0, 0.05) is 29.6 Å². The van der Waals surface area contributed by atoms with Gasteiger partial charge in [0.15, 0.2) is 0 Å². The van der Waals surface area contributed by atoms with Gasteiger partial charge >= 0.3 is 5.97 Å². The zero-order chi connectivity index (χ0) is 15.7. The van der Waals surface area contributed by atoms with E-state index in [0.29, 0.717) is 10.0 Å². The molecule has 0 radical (unpaired) electrons. The second kappa shape index (κ2) is 6.24. The number of carbonyl (C=O) groups is 2. The normalized spacial score (nSPS) is 21.7. The standard InChI is InChI=1S/C15H17Cl2NO3/c1-8(15(20)21)7-18(2)14(19)12-6-11(12)10-4-3-9(16)5-13(10)17/h3-5,8,11-12H,6-7H2,1-2H3,(H,20,21). The molecule has 0 spiro atoms. The Hall–Kier alpha value is -1.26. The summed E-state index contributed by atoms with van der Waals surface area (Å²) in [5.74, 6) is -1.52. The van der Waals surface area contributed by atoms with Crippen molar-refractivity contribution in [2.24, 2.45) is 11.8 Å². The van der Waals surface area contributed by atoms with E-state index in [2.05, 4.69) is 0 Å². The largest absolute Gasteiger partial charge is 0.481 e. The summed E-state index contributed by atoms with van der Waals surface area (Å²) in [6, 6.07) is 5.29. The van der Waals surface area contributed by atoms with Crippen LogP contribution in [0.5, 0.6) is 0 Å².